The summed E-state index contributed by atoms with van der Waals surface area (Å²) in [7, 11) is 0. The van der Waals surface area contributed by atoms with Gasteiger partial charge in [-0.1, -0.05) is 48.5 Å². The van der Waals surface area contributed by atoms with Crippen LogP contribution in [0.3, 0.4) is 0 Å². The van der Waals surface area contributed by atoms with E-state index in [0.717, 1.165) is 0 Å². The van der Waals surface area contributed by atoms with Crippen molar-refractivity contribution in [2.45, 2.75) is 0 Å². The second-order valence-corrected chi connectivity index (χ2v) is 4.70. The molecule has 0 bridgehead atoms. The molecule has 1 heterocycles. The van der Waals surface area contributed by atoms with Gasteiger partial charge in [-0.15, -0.1) is 0 Å². The van der Waals surface area contributed by atoms with Gasteiger partial charge in [0.2, 0.25) is 0 Å². The van der Waals surface area contributed by atoms with Crippen molar-refractivity contribution in [2.75, 3.05) is 0 Å². The van der Waals surface area contributed by atoms with Crippen LogP contribution in [-0.2, 0) is 0 Å². The number of pyridine rings is 1. The van der Waals surface area contributed by atoms with Gasteiger partial charge in [0.25, 0.3) is 0 Å². The molecule has 1 aromatic heterocycles. The van der Waals surface area contributed by atoms with E-state index in [1.54, 1.807) is 54.6 Å². The smallest absolute Gasteiger partial charge is 0.338 e. The van der Waals surface area contributed by atoms with Crippen LogP contribution in [0.2, 0.25) is 0 Å². The molecule has 0 saturated carbocycles. The molecule has 0 aliphatic carbocycles. The average molecular weight is 293 g/mol. The number of fused-ring (bicyclic) bond motifs is 1. The summed E-state index contributed by atoms with van der Waals surface area (Å²) in [5, 5.41) is 19.3. The van der Waals surface area contributed by atoms with Crippen LogP contribution >= 0.6 is 0 Å². The molecule has 3 rings (SSSR count). The van der Waals surface area contributed by atoms with E-state index in [-0.39, 0.29) is 16.8 Å². The standard InChI is InChI=1S/C17H11NO4/c19-16(20)13-11-8-4-5-9-12(11)18-15(14(13)17(21)22)10-6-2-1-3-7-10/h1-9H,(H,19,20)(H,21,22). The number of rotatable bonds is 3. The molecule has 0 fully saturated rings. The number of para-hydroxylation sites is 1. The Balaban J connectivity index is 2.49. The van der Waals surface area contributed by atoms with E-state index >= 15 is 0 Å². The van der Waals surface area contributed by atoms with Crippen LogP contribution in [0, 0.1) is 0 Å². The topological polar surface area (TPSA) is 87.5 Å². The molecule has 0 aliphatic rings. The molecular weight excluding hydrogens is 282 g/mol. The lowest BCUT2D eigenvalue weighted by atomic mass is 9.97. The Bertz CT molecular complexity index is 888. The first-order chi connectivity index (χ1) is 10.6. The molecule has 5 heteroatoms. The minimum Gasteiger partial charge on any atom is -0.478 e. The third-order valence-electron chi connectivity index (χ3n) is 3.37. The third-order valence-corrected chi connectivity index (χ3v) is 3.37. The van der Waals surface area contributed by atoms with Gasteiger partial charge >= 0.3 is 11.9 Å². The lowest BCUT2D eigenvalue weighted by Gasteiger charge is -2.12. The summed E-state index contributed by atoms with van der Waals surface area (Å²) in [6.07, 6.45) is 0. The van der Waals surface area contributed by atoms with E-state index in [4.69, 9.17) is 0 Å². The van der Waals surface area contributed by atoms with E-state index in [2.05, 4.69) is 4.98 Å². The maximum Gasteiger partial charge on any atom is 0.338 e. The van der Waals surface area contributed by atoms with Crippen molar-refractivity contribution < 1.29 is 19.8 Å². The lowest BCUT2D eigenvalue weighted by Crippen LogP contribution is -2.12. The molecule has 108 valence electrons. The molecule has 5 nitrogen and oxygen atoms in total. The van der Waals surface area contributed by atoms with Crippen molar-refractivity contribution in [1.29, 1.82) is 0 Å². The first-order valence-electron chi connectivity index (χ1n) is 6.54. The number of nitrogens with zero attached hydrogens (tertiary/aromatic N) is 1. The molecule has 0 amide bonds. The fourth-order valence-electron chi connectivity index (χ4n) is 2.45. The molecule has 0 unspecified atom stereocenters. The Hall–Kier alpha value is -3.21. The Morgan fingerprint density at radius 2 is 1.36 bits per heavy atom. The highest BCUT2D eigenvalue weighted by Gasteiger charge is 2.25. The third kappa shape index (κ3) is 2.18. The van der Waals surface area contributed by atoms with Gasteiger partial charge in [0.15, 0.2) is 0 Å². The minimum atomic E-state index is -1.31. The fraction of sp³-hybridized carbons (Fsp3) is 0. The number of carboxylic acid groups (broad SMARTS) is 2. The first kappa shape index (κ1) is 13.8. The Morgan fingerprint density at radius 3 is 2.00 bits per heavy atom. The highest BCUT2D eigenvalue weighted by atomic mass is 16.4. The van der Waals surface area contributed by atoms with Crippen molar-refractivity contribution in [3.63, 3.8) is 0 Å². The van der Waals surface area contributed by atoms with Gasteiger partial charge in [0.05, 0.1) is 16.8 Å². The van der Waals surface area contributed by atoms with Crippen LogP contribution in [0.15, 0.2) is 54.6 Å². The van der Waals surface area contributed by atoms with Crippen LogP contribution in [0.4, 0.5) is 0 Å². The van der Waals surface area contributed by atoms with Gasteiger partial charge in [-0.25, -0.2) is 14.6 Å². The quantitative estimate of drug-likeness (QED) is 0.773. The molecule has 2 N–H and O–H groups in total. The van der Waals surface area contributed by atoms with E-state index in [1.807, 2.05) is 0 Å². The van der Waals surface area contributed by atoms with Gasteiger partial charge in [-0.05, 0) is 6.07 Å². The first-order valence-corrected chi connectivity index (χ1v) is 6.54. The minimum absolute atomic E-state index is 0.157. The molecule has 0 radical (unpaired) electrons. The zero-order chi connectivity index (χ0) is 15.7. The van der Waals surface area contributed by atoms with E-state index in [0.29, 0.717) is 16.5 Å². The summed E-state index contributed by atoms with van der Waals surface area (Å²) in [6, 6.07) is 15.3. The van der Waals surface area contributed by atoms with Crippen molar-refractivity contribution in [3.05, 3.63) is 65.7 Å². The highest BCUT2D eigenvalue weighted by molar-refractivity contribution is 6.14. The molecule has 0 aliphatic heterocycles. The second kappa shape index (κ2) is 5.29. The Labute approximate surface area is 125 Å². The number of aromatic nitrogens is 1. The highest BCUT2D eigenvalue weighted by Crippen LogP contribution is 2.30. The van der Waals surface area contributed by atoms with Crippen LogP contribution in [0.5, 0.6) is 0 Å². The normalized spacial score (nSPS) is 10.5. The van der Waals surface area contributed by atoms with Gasteiger partial charge in [0, 0.05) is 10.9 Å². The summed E-state index contributed by atoms with van der Waals surface area (Å²) in [4.78, 5) is 27.7. The SMILES string of the molecule is O=C(O)c1c(-c2ccccc2)nc2ccccc2c1C(=O)O. The van der Waals surface area contributed by atoms with Crippen LogP contribution in [0.1, 0.15) is 20.7 Å². The molecule has 3 aromatic rings. The summed E-state index contributed by atoms with van der Waals surface area (Å²) < 4.78 is 0. The fourth-order valence-corrected chi connectivity index (χ4v) is 2.45. The number of aromatic carboxylic acids is 2. The Kier molecular flexibility index (Phi) is 3.31. The number of hydrogen-bond donors (Lipinski definition) is 2. The molecule has 0 spiro atoms. The van der Waals surface area contributed by atoms with Crippen molar-refractivity contribution in [1.82, 2.24) is 4.98 Å². The molecule has 0 atom stereocenters. The maximum atomic E-state index is 11.7. The zero-order valence-electron chi connectivity index (χ0n) is 11.4. The monoisotopic (exact) mass is 293 g/mol. The second-order valence-electron chi connectivity index (χ2n) is 4.70. The van der Waals surface area contributed by atoms with Gasteiger partial charge < -0.3 is 10.2 Å². The number of hydrogen-bond acceptors (Lipinski definition) is 3. The molecular formula is C17H11NO4. The van der Waals surface area contributed by atoms with Crippen LogP contribution in [0.25, 0.3) is 22.2 Å². The summed E-state index contributed by atoms with van der Waals surface area (Å²) in [5.74, 6) is -2.59. The van der Waals surface area contributed by atoms with Gasteiger partial charge in [-0.2, -0.15) is 0 Å². The predicted molar refractivity (Wildman–Crippen MR) is 81.1 cm³/mol. The summed E-state index contributed by atoms with van der Waals surface area (Å²) in [5.41, 5.74) is 0.635. The van der Waals surface area contributed by atoms with Crippen molar-refractivity contribution in [3.8, 4) is 11.3 Å². The van der Waals surface area contributed by atoms with Gasteiger partial charge in [0.1, 0.15) is 5.56 Å². The van der Waals surface area contributed by atoms with E-state index in [1.165, 1.54) is 0 Å². The lowest BCUT2D eigenvalue weighted by molar-refractivity contribution is 0.0653. The van der Waals surface area contributed by atoms with Crippen LogP contribution in [-0.4, -0.2) is 27.1 Å². The number of benzene rings is 2. The molecule has 2 aromatic carbocycles. The Morgan fingerprint density at radius 1 is 0.773 bits per heavy atom. The summed E-state index contributed by atoms with van der Waals surface area (Å²) >= 11 is 0. The van der Waals surface area contributed by atoms with Crippen LogP contribution < -0.4 is 0 Å². The number of carboxylic acids is 2. The predicted octanol–water partition coefficient (Wildman–Crippen LogP) is 3.30. The van der Waals surface area contributed by atoms with Gasteiger partial charge in [-0.3, -0.25) is 0 Å². The summed E-state index contributed by atoms with van der Waals surface area (Å²) in [6.45, 7) is 0. The van der Waals surface area contributed by atoms with Crippen molar-refractivity contribution >= 4 is 22.8 Å². The molecule has 22 heavy (non-hydrogen) atoms. The van der Waals surface area contributed by atoms with E-state index in [9.17, 15) is 19.8 Å². The van der Waals surface area contributed by atoms with Crippen molar-refractivity contribution in [2.24, 2.45) is 0 Å². The maximum absolute atomic E-state index is 11.7. The average Bonchev–Trinajstić information content (AvgIpc) is 2.53. The zero-order valence-corrected chi connectivity index (χ0v) is 11.4. The largest absolute Gasteiger partial charge is 0.478 e. The number of carbonyl (C=O) groups is 2. The molecule has 0 saturated heterocycles. The van der Waals surface area contributed by atoms with E-state index < -0.39 is 11.9 Å².